The third kappa shape index (κ3) is 2.88. The number of urea groups is 2. The van der Waals surface area contributed by atoms with Crippen LogP contribution in [-0.2, 0) is 0 Å². The second-order valence-corrected chi connectivity index (χ2v) is 5.67. The van der Waals surface area contributed by atoms with E-state index in [-0.39, 0.29) is 0 Å². The lowest BCUT2D eigenvalue weighted by molar-refractivity contribution is 0.167. The van der Waals surface area contributed by atoms with Gasteiger partial charge >= 0.3 is 12.1 Å². The molecule has 1 aromatic rings. The first kappa shape index (κ1) is 16.2. The van der Waals surface area contributed by atoms with Gasteiger partial charge in [-0.25, -0.2) is 19.5 Å². The molecule has 1 aliphatic rings. The summed E-state index contributed by atoms with van der Waals surface area (Å²) in [4.78, 5) is 29.4. The van der Waals surface area contributed by atoms with Crippen LogP contribution in [0.5, 0.6) is 0 Å². The highest BCUT2D eigenvalue weighted by Gasteiger charge is 2.42. The molecule has 2 atom stereocenters. The summed E-state index contributed by atoms with van der Waals surface area (Å²) in [5, 5.41) is 12.1. The summed E-state index contributed by atoms with van der Waals surface area (Å²) in [5.41, 5.74) is 1.11. The fourth-order valence-corrected chi connectivity index (χ4v) is 2.94. The summed E-state index contributed by atoms with van der Waals surface area (Å²) < 4.78 is 0.733. The number of carbonyl (C=O) groups excluding carboxylic acids is 2. The van der Waals surface area contributed by atoms with Gasteiger partial charge in [0.15, 0.2) is 0 Å². The number of benzene rings is 1. The lowest BCUT2D eigenvalue weighted by Gasteiger charge is -2.35. The standard InChI is InChI=1S/C15H15BrN4O2/c1-3-18-14(21)20-13(10-6-4-5-7-12(10)16)11(8-17)9(2)19-15(20)22/h4-7,11,13H,3H2,1-2H3,(H,18,21). The van der Waals surface area contributed by atoms with Gasteiger partial charge in [-0.15, -0.1) is 0 Å². The van der Waals surface area contributed by atoms with Crippen molar-refractivity contribution in [2.75, 3.05) is 6.54 Å². The van der Waals surface area contributed by atoms with Crippen molar-refractivity contribution in [3.63, 3.8) is 0 Å². The molecule has 1 aromatic carbocycles. The van der Waals surface area contributed by atoms with Crippen molar-refractivity contribution in [2.24, 2.45) is 10.9 Å². The highest BCUT2D eigenvalue weighted by Crippen LogP contribution is 2.37. The smallest absolute Gasteiger partial charge is 0.338 e. The number of rotatable bonds is 2. The summed E-state index contributed by atoms with van der Waals surface area (Å²) in [7, 11) is 0. The lowest BCUT2D eigenvalue weighted by Crippen LogP contribution is -2.50. The number of hydrogen-bond donors (Lipinski definition) is 1. The fourth-order valence-electron chi connectivity index (χ4n) is 2.42. The van der Waals surface area contributed by atoms with Gasteiger partial charge in [-0.1, -0.05) is 34.1 Å². The van der Waals surface area contributed by atoms with E-state index in [0.717, 1.165) is 9.37 Å². The number of halogens is 1. The molecular formula is C15H15BrN4O2. The molecule has 2 unspecified atom stereocenters. The van der Waals surface area contributed by atoms with E-state index in [1.165, 1.54) is 0 Å². The van der Waals surface area contributed by atoms with E-state index in [9.17, 15) is 14.9 Å². The molecule has 0 fully saturated rings. The molecule has 0 saturated heterocycles. The van der Waals surface area contributed by atoms with Crippen LogP contribution in [0.25, 0.3) is 0 Å². The minimum atomic E-state index is -0.711. The minimum Gasteiger partial charge on any atom is -0.338 e. The van der Waals surface area contributed by atoms with Crippen LogP contribution in [0.4, 0.5) is 9.59 Å². The third-order valence-corrected chi connectivity index (χ3v) is 4.15. The van der Waals surface area contributed by atoms with Crippen molar-refractivity contribution in [1.29, 1.82) is 5.26 Å². The summed E-state index contributed by atoms with van der Waals surface area (Å²) in [5.74, 6) is -0.681. The summed E-state index contributed by atoms with van der Waals surface area (Å²) in [6, 6.07) is 7.46. The first-order chi connectivity index (χ1) is 10.5. The Bertz CT molecular complexity index is 680. The molecule has 1 heterocycles. The molecule has 2 rings (SSSR count). The van der Waals surface area contributed by atoms with Crippen LogP contribution in [0, 0.1) is 17.2 Å². The summed E-state index contributed by atoms with van der Waals surface area (Å²) in [6.07, 6.45) is 0. The number of amides is 4. The number of carbonyl (C=O) groups is 2. The van der Waals surface area contributed by atoms with Gasteiger partial charge in [0.05, 0.1) is 12.1 Å². The van der Waals surface area contributed by atoms with Gasteiger partial charge in [0.25, 0.3) is 0 Å². The third-order valence-electron chi connectivity index (χ3n) is 3.43. The number of nitriles is 1. The Balaban J connectivity index is 2.58. The van der Waals surface area contributed by atoms with Crippen molar-refractivity contribution in [2.45, 2.75) is 19.9 Å². The second-order valence-electron chi connectivity index (χ2n) is 4.81. The minimum absolute atomic E-state index is 0.380. The lowest BCUT2D eigenvalue weighted by atomic mass is 9.88. The average Bonchev–Trinajstić information content (AvgIpc) is 2.47. The number of hydrogen-bond acceptors (Lipinski definition) is 3. The van der Waals surface area contributed by atoms with Crippen molar-refractivity contribution in [3.8, 4) is 6.07 Å². The summed E-state index contributed by atoms with van der Waals surface area (Å²) in [6.45, 7) is 3.77. The molecule has 114 valence electrons. The molecule has 0 aromatic heterocycles. The van der Waals surface area contributed by atoms with Gasteiger partial charge < -0.3 is 5.32 Å². The van der Waals surface area contributed by atoms with E-state index in [2.05, 4.69) is 32.3 Å². The van der Waals surface area contributed by atoms with E-state index >= 15 is 0 Å². The van der Waals surface area contributed by atoms with Gasteiger partial charge in [-0.3, -0.25) is 0 Å². The number of aliphatic imine (C=N–C) groups is 1. The molecule has 7 heteroatoms. The Morgan fingerprint density at radius 1 is 1.50 bits per heavy atom. The highest BCUT2D eigenvalue weighted by molar-refractivity contribution is 9.10. The molecule has 4 amide bonds. The van der Waals surface area contributed by atoms with Crippen LogP contribution in [0.3, 0.4) is 0 Å². The van der Waals surface area contributed by atoms with Gasteiger partial charge in [-0.2, -0.15) is 5.26 Å². The van der Waals surface area contributed by atoms with E-state index in [4.69, 9.17) is 0 Å². The second kappa shape index (κ2) is 6.71. The maximum absolute atomic E-state index is 12.3. The molecule has 6 nitrogen and oxygen atoms in total. The first-order valence-corrected chi connectivity index (χ1v) is 7.60. The van der Waals surface area contributed by atoms with Gasteiger partial charge in [0.1, 0.15) is 5.92 Å². The Hall–Kier alpha value is -2.20. The maximum atomic E-state index is 12.3. The van der Waals surface area contributed by atoms with E-state index < -0.39 is 24.0 Å². The Kier molecular flexibility index (Phi) is 4.93. The molecule has 0 spiro atoms. The maximum Gasteiger partial charge on any atom is 0.352 e. The van der Waals surface area contributed by atoms with Crippen molar-refractivity contribution < 1.29 is 9.59 Å². The first-order valence-electron chi connectivity index (χ1n) is 6.81. The predicted molar refractivity (Wildman–Crippen MR) is 85.4 cm³/mol. The number of nitrogens with zero attached hydrogens (tertiary/aromatic N) is 3. The zero-order valence-electron chi connectivity index (χ0n) is 12.2. The molecule has 22 heavy (non-hydrogen) atoms. The van der Waals surface area contributed by atoms with E-state index in [1.54, 1.807) is 26.0 Å². The molecule has 1 N–H and O–H groups in total. The zero-order valence-corrected chi connectivity index (χ0v) is 13.8. The van der Waals surface area contributed by atoms with Gasteiger partial charge in [-0.05, 0) is 25.5 Å². The molecule has 1 aliphatic heterocycles. The van der Waals surface area contributed by atoms with E-state index in [1.807, 2.05) is 12.1 Å². The van der Waals surface area contributed by atoms with Crippen LogP contribution in [0.1, 0.15) is 25.5 Å². The van der Waals surface area contributed by atoms with Crippen molar-refractivity contribution in [1.82, 2.24) is 10.2 Å². The monoisotopic (exact) mass is 362 g/mol. The van der Waals surface area contributed by atoms with Crippen LogP contribution in [0.2, 0.25) is 0 Å². The topological polar surface area (TPSA) is 85.6 Å². The van der Waals surface area contributed by atoms with Crippen LogP contribution in [-0.4, -0.2) is 29.2 Å². The molecule has 0 bridgehead atoms. The Morgan fingerprint density at radius 2 is 2.18 bits per heavy atom. The molecule has 0 saturated carbocycles. The molecule has 0 radical (unpaired) electrons. The normalized spacial score (nSPS) is 21.1. The van der Waals surface area contributed by atoms with Crippen molar-refractivity contribution >= 4 is 33.7 Å². The van der Waals surface area contributed by atoms with Gasteiger partial charge in [0, 0.05) is 16.7 Å². The van der Waals surface area contributed by atoms with Crippen LogP contribution >= 0.6 is 15.9 Å². The van der Waals surface area contributed by atoms with Crippen LogP contribution < -0.4 is 5.32 Å². The molecule has 0 aliphatic carbocycles. The molecular weight excluding hydrogens is 348 g/mol. The fraction of sp³-hybridized carbons (Fsp3) is 0.333. The number of nitrogens with one attached hydrogen (secondary N) is 1. The summed E-state index contributed by atoms with van der Waals surface area (Å²) >= 11 is 3.43. The Labute approximate surface area is 136 Å². The van der Waals surface area contributed by atoms with Gasteiger partial charge in [0.2, 0.25) is 0 Å². The highest BCUT2D eigenvalue weighted by atomic mass is 79.9. The number of imide groups is 1. The van der Waals surface area contributed by atoms with Crippen molar-refractivity contribution in [3.05, 3.63) is 34.3 Å². The quantitative estimate of drug-likeness (QED) is 0.875. The van der Waals surface area contributed by atoms with E-state index in [0.29, 0.717) is 17.8 Å². The predicted octanol–water partition coefficient (Wildman–Crippen LogP) is 3.26. The largest absolute Gasteiger partial charge is 0.352 e. The SMILES string of the molecule is CCNC(=O)N1C(=O)N=C(C)C(C#N)C1c1ccccc1Br. The van der Waals surface area contributed by atoms with Crippen LogP contribution in [0.15, 0.2) is 33.7 Å². The Morgan fingerprint density at radius 3 is 2.77 bits per heavy atom. The average molecular weight is 363 g/mol. The zero-order chi connectivity index (χ0) is 16.3.